The first kappa shape index (κ1) is 24.0. The molecule has 5 nitrogen and oxygen atoms in total. The maximum atomic E-state index is 8.89. The number of aliphatic carboxylic acids is 2. The molecule has 0 heterocycles. The average molecular weight is 395 g/mol. The molecule has 0 saturated heterocycles. The van der Waals surface area contributed by atoms with Gasteiger partial charge in [-0.05, 0) is 26.0 Å². The number of carboxylic acids is 2. The first-order chi connectivity index (χ1) is 10.8. The van der Waals surface area contributed by atoms with Crippen LogP contribution in [0.4, 0.5) is 5.69 Å². The number of thiocarbonyl (C=S) groups is 1. The van der Waals surface area contributed by atoms with E-state index in [4.69, 9.17) is 32.0 Å². The van der Waals surface area contributed by atoms with Gasteiger partial charge in [-0.15, -0.1) is 0 Å². The molecule has 0 bridgehead atoms. The molecule has 2 rings (SSSR count). The molecule has 0 amide bonds. The molecule has 0 aliphatic carbocycles. The third-order valence-corrected chi connectivity index (χ3v) is 2.41. The van der Waals surface area contributed by atoms with Gasteiger partial charge in [0.05, 0.1) is 0 Å². The normalized spacial score (nSPS) is 8.08. The minimum atomic E-state index is -1.08. The third kappa shape index (κ3) is 14.7. The van der Waals surface area contributed by atoms with Crippen molar-refractivity contribution in [2.24, 2.45) is 0 Å². The Labute approximate surface area is 157 Å². The van der Waals surface area contributed by atoms with E-state index >= 15 is 0 Å². The van der Waals surface area contributed by atoms with Gasteiger partial charge < -0.3 is 25.1 Å². The minimum absolute atomic E-state index is 0. The van der Waals surface area contributed by atoms with E-state index in [1.54, 1.807) is 0 Å². The number of rotatable bonds is 2. The molecule has 0 saturated carbocycles. The van der Waals surface area contributed by atoms with Crippen LogP contribution >= 0.6 is 12.2 Å². The van der Waals surface area contributed by atoms with E-state index in [1.165, 1.54) is 0 Å². The van der Waals surface area contributed by atoms with Crippen molar-refractivity contribution < 1.29 is 36.9 Å². The molecule has 0 aromatic heterocycles. The van der Waals surface area contributed by atoms with Crippen molar-refractivity contribution in [2.45, 2.75) is 13.8 Å². The van der Waals surface area contributed by atoms with Crippen molar-refractivity contribution >= 4 is 34.8 Å². The molecule has 2 aromatic rings. The summed E-state index contributed by atoms with van der Waals surface area (Å²) in [6, 6.07) is 19.9. The zero-order valence-electron chi connectivity index (χ0n) is 13.1. The molecule has 1 radical (unpaired) electrons. The zero-order chi connectivity index (χ0) is 17.7. The summed E-state index contributed by atoms with van der Waals surface area (Å²) in [6.45, 7) is 1.94. The molecule has 0 spiro atoms. The summed E-state index contributed by atoms with van der Waals surface area (Å²) in [4.78, 5) is 18.5. The number of hydrogen-bond acceptors (Lipinski definition) is 5. The van der Waals surface area contributed by atoms with Crippen molar-refractivity contribution in [1.29, 1.82) is 0 Å². The van der Waals surface area contributed by atoms with Crippen molar-refractivity contribution in [3.8, 4) is 0 Å². The summed E-state index contributed by atoms with van der Waals surface area (Å²) in [7, 11) is 0. The van der Waals surface area contributed by atoms with Gasteiger partial charge >= 0.3 is 17.1 Å². The summed E-state index contributed by atoms with van der Waals surface area (Å²) in [5.74, 6) is -2.17. The van der Waals surface area contributed by atoms with Gasteiger partial charge in [0.25, 0.3) is 0 Å². The van der Waals surface area contributed by atoms with Crippen LogP contribution < -0.4 is 15.5 Å². The second-order valence-electron chi connectivity index (χ2n) is 4.17. The van der Waals surface area contributed by atoms with Gasteiger partial charge in [-0.25, -0.2) is 0 Å². The average Bonchev–Trinajstić information content (AvgIpc) is 2.48. The van der Waals surface area contributed by atoms with Crippen LogP contribution in [0.1, 0.15) is 19.4 Å². The summed E-state index contributed by atoms with van der Waals surface area (Å²) in [5, 5.41) is 21.0. The Morgan fingerprint density at radius 1 is 0.833 bits per heavy atom. The van der Waals surface area contributed by atoms with Gasteiger partial charge in [-0.3, -0.25) is 0 Å². The maximum Gasteiger partial charge on any atom is 2.00 e. The molecule has 0 aliphatic heterocycles. The number of nitrogens with one attached hydrogen (secondary N) is 1. The molecule has 0 aliphatic rings. The smallest absolute Gasteiger partial charge is 0.550 e. The van der Waals surface area contributed by atoms with E-state index in [0.717, 1.165) is 30.1 Å². The van der Waals surface area contributed by atoms with E-state index in [0.29, 0.717) is 0 Å². The second kappa shape index (κ2) is 14.4. The van der Waals surface area contributed by atoms with Crippen molar-refractivity contribution in [1.82, 2.24) is 0 Å². The summed E-state index contributed by atoms with van der Waals surface area (Å²) in [5.41, 5.74) is 2.06. The Morgan fingerprint density at radius 3 is 1.54 bits per heavy atom. The van der Waals surface area contributed by atoms with E-state index in [9.17, 15) is 0 Å². The van der Waals surface area contributed by atoms with E-state index in [1.807, 2.05) is 60.7 Å². The number of para-hydroxylation sites is 1. The summed E-state index contributed by atoms with van der Waals surface area (Å²) < 4.78 is 0. The summed E-state index contributed by atoms with van der Waals surface area (Å²) in [6.07, 6.45) is 0. The molecule has 24 heavy (non-hydrogen) atoms. The fourth-order valence-electron chi connectivity index (χ4n) is 1.31. The molecule has 2 aromatic carbocycles. The molecular formula is C17H17CuNO4S. The van der Waals surface area contributed by atoms with Gasteiger partial charge in [0.2, 0.25) is 0 Å². The van der Waals surface area contributed by atoms with Crippen LogP contribution in [0.25, 0.3) is 0 Å². The number of benzene rings is 2. The van der Waals surface area contributed by atoms with Gasteiger partial charge in [-0.2, -0.15) is 0 Å². The third-order valence-electron chi connectivity index (χ3n) is 2.07. The topological polar surface area (TPSA) is 92.3 Å². The summed E-state index contributed by atoms with van der Waals surface area (Å²) >= 11 is 5.29. The molecule has 131 valence electrons. The van der Waals surface area contributed by atoms with Gasteiger partial charge in [0.15, 0.2) is 0 Å². The number of carboxylic acid groups (broad SMARTS) is 2. The Kier molecular flexibility index (Phi) is 14.4. The van der Waals surface area contributed by atoms with Crippen molar-refractivity contribution in [3.63, 3.8) is 0 Å². The second-order valence-corrected chi connectivity index (χ2v) is 4.58. The SMILES string of the molecule is CC(=O)[O-].CC(=O)[O-].S=C(Nc1ccccc1)c1ccccc1.[Cu+2]. The number of carbonyl (C=O) groups excluding carboxylic acids is 2. The van der Waals surface area contributed by atoms with Gasteiger partial charge in [-0.1, -0.05) is 60.7 Å². The van der Waals surface area contributed by atoms with Crippen molar-refractivity contribution in [3.05, 3.63) is 66.2 Å². The van der Waals surface area contributed by atoms with E-state index in [2.05, 4.69) is 5.32 Å². The quantitative estimate of drug-likeness (QED) is 0.603. The Hall–Kier alpha value is -2.21. The first-order valence-electron chi connectivity index (χ1n) is 6.59. The van der Waals surface area contributed by atoms with Crippen LogP contribution in [-0.2, 0) is 26.7 Å². The van der Waals surface area contributed by atoms with Crippen LogP contribution in [0.2, 0.25) is 0 Å². The Balaban J connectivity index is 0. The zero-order valence-corrected chi connectivity index (χ0v) is 14.9. The largest absolute Gasteiger partial charge is 2.00 e. The molecule has 1 N–H and O–H groups in total. The number of anilines is 1. The molecule has 0 atom stereocenters. The van der Waals surface area contributed by atoms with Gasteiger partial charge in [0, 0.05) is 23.2 Å². The van der Waals surface area contributed by atoms with E-state index in [-0.39, 0.29) is 17.1 Å². The minimum Gasteiger partial charge on any atom is -0.550 e. The maximum absolute atomic E-state index is 8.89. The van der Waals surface area contributed by atoms with Crippen LogP contribution in [0.15, 0.2) is 60.7 Å². The fraction of sp³-hybridized carbons (Fsp3) is 0.118. The molecule has 7 heteroatoms. The van der Waals surface area contributed by atoms with Crippen molar-refractivity contribution in [2.75, 3.05) is 5.32 Å². The first-order valence-corrected chi connectivity index (χ1v) is 7.00. The number of carbonyl (C=O) groups is 2. The molecular weight excluding hydrogens is 378 g/mol. The predicted molar refractivity (Wildman–Crippen MR) is 89.6 cm³/mol. The fourth-order valence-corrected chi connectivity index (χ4v) is 1.57. The standard InChI is InChI=1S/C13H11NS.2C2H4O2.Cu/c15-13(11-7-3-1-4-8-11)14-12-9-5-2-6-10-12;2*1-2(3)4;/h1-10H,(H,14,15);2*1H3,(H,3,4);/q;;;+2/p-2. The molecule has 0 fully saturated rings. The van der Waals surface area contributed by atoms with Crippen LogP contribution in [-0.4, -0.2) is 16.9 Å². The van der Waals surface area contributed by atoms with E-state index < -0.39 is 11.9 Å². The Morgan fingerprint density at radius 2 is 1.17 bits per heavy atom. The van der Waals surface area contributed by atoms with Gasteiger partial charge in [0.1, 0.15) is 4.99 Å². The van der Waals surface area contributed by atoms with Crippen LogP contribution in [0.3, 0.4) is 0 Å². The Bertz CT molecular complexity index is 601. The van der Waals surface area contributed by atoms with Crippen LogP contribution in [0.5, 0.6) is 0 Å². The predicted octanol–water partition coefficient (Wildman–Crippen LogP) is 0.984. The molecule has 0 unspecified atom stereocenters. The monoisotopic (exact) mass is 394 g/mol. The number of hydrogen-bond donors (Lipinski definition) is 1. The van der Waals surface area contributed by atoms with Crippen LogP contribution in [0, 0.1) is 0 Å².